The molecule has 0 unspecified atom stereocenters. The summed E-state index contributed by atoms with van der Waals surface area (Å²) in [6, 6.07) is 3.59. The van der Waals surface area contributed by atoms with Crippen molar-refractivity contribution in [1.29, 1.82) is 0 Å². The third-order valence-electron chi connectivity index (χ3n) is 4.16. The highest BCUT2D eigenvalue weighted by molar-refractivity contribution is 7.89. The molecule has 1 aliphatic rings. The van der Waals surface area contributed by atoms with Gasteiger partial charge in [0.2, 0.25) is 15.9 Å². The van der Waals surface area contributed by atoms with Crippen LogP contribution >= 0.6 is 12.4 Å². The number of nitrogens with one attached hydrogen (secondary N) is 1. The lowest BCUT2D eigenvalue weighted by Crippen LogP contribution is -2.40. The molecule has 0 aromatic heterocycles. The number of halogens is 2. The van der Waals surface area contributed by atoms with Gasteiger partial charge in [0.25, 0.3) is 0 Å². The highest BCUT2D eigenvalue weighted by atomic mass is 35.5. The summed E-state index contributed by atoms with van der Waals surface area (Å²) in [5.74, 6) is -1.06. The van der Waals surface area contributed by atoms with E-state index >= 15 is 0 Å². The average Bonchev–Trinajstić information content (AvgIpc) is 2.64. The predicted molar refractivity (Wildman–Crippen MR) is 104 cm³/mol. The molecule has 1 amide bonds. The minimum absolute atomic E-state index is 0. The summed E-state index contributed by atoms with van der Waals surface area (Å²) in [6.07, 6.45) is 3.87. The molecule has 1 aliphatic heterocycles. The highest BCUT2D eigenvalue weighted by Crippen LogP contribution is 2.24. The Kier molecular flexibility index (Phi) is 10.2. The van der Waals surface area contributed by atoms with Crippen LogP contribution in [0.4, 0.5) is 10.1 Å². The van der Waals surface area contributed by atoms with E-state index in [1.165, 1.54) is 16.4 Å². The Morgan fingerprint density at radius 3 is 2.52 bits per heavy atom. The van der Waals surface area contributed by atoms with Gasteiger partial charge >= 0.3 is 0 Å². The van der Waals surface area contributed by atoms with E-state index in [4.69, 9.17) is 10.5 Å². The van der Waals surface area contributed by atoms with E-state index in [1.54, 1.807) is 0 Å². The van der Waals surface area contributed by atoms with Crippen LogP contribution in [0.1, 0.15) is 32.1 Å². The summed E-state index contributed by atoms with van der Waals surface area (Å²) in [5.41, 5.74) is 5.69. The molecule has 154 valence electrons. The molecule has 7 nitrogen and oxygen atoms in total. The normalized spacial score (nSPS) is 15.2. The summed E-state index contributed by atoms with van der Waals surface area (Å²) in [6.45, 7) is 1.56. The molecule has 0 atom stereocenters. The number of nitrogens with two attached hydrogens (primary N) is 1. The van der Waals surface area contributed by atoms with E-state index in [9.17, 15) is 17.6 Å². The summed E-state index contributed by atoms with van der Waals surface area (Å²) in [7, 11) is -3.96. The van der Waals surface area contributed by atoms with Gasteiger partial charge in [-0.1, -0.05) is 12.8 Å². The Morgan fingerprint density at radius 2 is 1.85 bits per heavy atom. The molecule has 10 heteroatoms. The number of unbranched alkanes of at least 4 members (excludes halogenated alkanes) is 3. The monoisotopic (exact) mass is 423 g/mol. The van der Waals surface area contributed by atoms with Gasteiger partial charge in [-0.15, -0.1) is 12.4 Å². The van der Waals surface area contributed by atoms with E-state index in [2.05, 4.69) is 5.32 Å². The molecular formula is C17H27ClFN3O4S. The Bertz CT molecular complexity index is 712. The van der Waals surface area contributed by atoms with Crippen molar-refractivity contribution in [3.05, 3.63) is 24.0 Å². The molecule has 0 bridgehead atoms. The second-order valence-corrected chi connectivity index (χ2v) is 8.07. The summed E-state index contributed by atoms with van der Waals surface area (Å²) in [4.78, 5) is 11.6. The molecule has 1 heterocycles. The van der Waals surface area contributed by atoms with E-state index in [1.807, 2.05) is 0 Å². The summed E-state index contributed by atoms with van der Waals surface area (Å²) in [5, 5.41) is 2.64. The lowest BCUT2D eigenvalue weighted by molar-refractivity contribution is -0.116. The maximum atomic E-state index is 14.1. The van der Waals surface area contributed by atoms with Crippen LogP contribution in [0.2, 0.25) is 0 Å². The highest BCUT2D eigenvalue weighted by Gasteiger charge is 2.29. The molecule has 1 fully saturated rings. The topological polar surface area (TPSA) is 102 Å². The van der Waals surface area contributed by atoms with Gasteiger partial charge in [0, 0.05) is 25.2 Å². The number of benzene rings is 1. The largest absolute Gasteiger partial charge is 0.379 e. The van der Waals surface area contributed by atoms with Crippen LogP contribution in [-0.2, 0) is 19.6 Å². The zero-order valence-electron chi connectivity index (χ0n) is 15.2. The van der Waals surface area contributed by atoms with Crippen molar-refractivity contribution in [2.45, 2.75) is 37.0 Å². The van der Waals surface area contributed by atoms with Gasteiger partial charge in [0.1, 0.15) is 10.7 Å². The van der Waals surface area contributed by atoms with Crippen LogP contribution in [0.3, 0.4) is 0 Å². The van der Waals surface area contributed by atoms with Crippen molar-refractivity contribution < 1.29 is 22.3 Å². The minimum atomic E-state index is -3.96. The fourth-order valence-corrected chi connectivity index (χ4v) is 4.21. The number of amides is 1. The third-order valence-corrected chi connectivity index (χ3v) is 6.07. The lowest BCUT2D eigenvalue weighted by atomic mass is 10.1. The molecular weight excluding hydrogens is 397 g/mol. The zero-order valence-corrected chi connectivity index (χ0v) is 16.8. The van der Waals surface area contributed by atoms with Crippen molar-refractivity contribution in [2.24, 2.45) is 5.73 Å². The number of nitrogens with zero attached hydrogens (tertiary/aromatic N) is 1. The number of carbonyl (C=O) groups is 1. The van der Waals surface area contributed by atoms with E-state index in [0.717, 1.165) is 31.7 Å². The fraction of sp³-hybridized carbons (Fsp3) is 0.588. The van der Waals surface area contributed by atoms with Crippen LogP contribution in [0.25, 0.3) is 0 Å². The van der Waals surface area contributed by atoms with Crippen molar-refractivity contribution in [3.63, 3.8) is 0 Å². The molecule has 27 heavy (non-hydrogen) atoms. The third kappa shape index (κ3) is 7.00. The SMILES string of the molecule is Cl.NCCCCCCC(=O)Nc1ccc(F)c(S(=O)(=O)N2CCOCC2)c1. The van der Waals surface area contributed by atoms with E-state index in [0.29, 0.717) is 13.0 Å². The number of hydrogen-bond donors (Lipinski definition) is 2. The van der Waals surface area contributed by atoms with Gasteiger partial charge in [0.15, 0.2) is 0 Å². The maximum absolute atomic E-state index is 14.1. The van der Waals surface area contributed by atoms with Crippen molar-refractivity contribution in [3.8, 4) is 0 Å². The maximum Gasteiger partial charge on any atom is 0.246 e. The number of anilines is 1. The Balaban J connectivity index is 0.00000364. The first-order valence-corrected chi connectivity index (χ1v) is 10.3. The first-order valence-electron chi connectivity index (χ1n) is 8.82. The quantitative estimate of drug-likeness (QED) is 0.592. The number of morpholine rings is 1. The number of carbonyl (C=O) groups excluding carboxylic acids is 1. The summed E-state index contributed by atoms with van der Waals surface area (Å²) < 4.78 is 45.7. The van der Waals surface area contributed by atoms with Gasteiger partial charge in [0.05, 0.1) is 13.2 Å². The molecule has 0 spiro atoms. The van der Waals surface area contributed by atoms with E-state index in [-0.39, 0.29) is 50.3 Å². The predicted octanol–water partition coefficient (Wildman–Crippen LogP) is 2.12. The molecule has 0 radical (unpaired) electrons. The van der Waals surface area contributed by atoms with Crippen LogP contribution in [-0.4, -0.2) is 51.5 Å². The second-order valence-electron chi connectivity index (χ2n) is 6.16. The molecule has 1 aromatic rings. The number of ether oxygens (including phenoxy) is 1. The Morgan fingerprint density at radius 1 is 1.19 bits per heavy atom. The van der Waals surface area contributed by atoms with Crippen molar-refractivity contribution in [1.82, 2.24) is 4.31 Å². The molecule has 1 aromatic carbocycles. The fourth-order valence-electron chi connectivity index (χ4n) is 2.71. The van der Waals surface area contributed by atoms with Gasteiger partial charge in [-0.3, -0.25) is 4.79 Å². The minimum Gasteiger partial charge on any atom is -0.379 e. The number of sulfonamides is 1. The zero-order chi connectivity index (χ0) is 19.0. The van der Waals surface area contributed by atoms with Gasteiger partial charge < -0.3 is 15.8 Å². The van der Waals surface area contributed by atoms with Crippen LogP contribution in [0.5, 0.6) is 0 Å². The summed E-state index contributed by atoms with van der Waals surface area (Å²) >= 11 is 0. The smallest absolute Gasteiger partial charge is 0.246 e. The number of hydrogen-bond acceptors (Lipinski definition) is 5. The van der Waals surface area contributed by atoms with Crippen LogP contribution in [0.15, 0.2) is 23.1 Å². The van der Waals surface area contributed by atoms with Gasteiger partial charge in [-0.2, -0.15) is 4.31 Å². The van der Waals surface area contributed by atoms with Gasteiger partial charge in [-0.05, 0) is 37.6 Å². The molecule has 0 saturated carbocycles. The lowest BCUT2D eigenvalue weighted by Gasteiger charge is -2.26. The van der Waals surface area contributed by atoms with Crippen molar-refractivity contribution in [2.75, 3.05) is 38.2 Å². The Labute approximate surface area is 165 Å². The van der Waals surface area contributed by atoms with Crippen molar-refractivity contribution >= 4 is 34.0 Å². The van der Waals surface area contributed by atoms with Gasteiger partial charge in [-0.25, -0.2) is 12.8 Å². The van der Waals surface area contributed by atoms with Crippen LogP contribution < -0.4 is 11.1 Å². The number of rotatable bonds is 9. The average molecular weight is 424 g/mol. The first-order chi connectivity index (χ1) is 12.4. The first kappa shape index (κ1) is 23.8. The van der Waals surface area contributed by atoms with Crippen LogP contribution in [0, 0.1) is 5.82 Å². The molecule has 2 rings (SSSR count). The standard InChI is InChI=1S/C17H26FN3O4S.ClH/c18-15-7-6-14(20-17(22)5-3-1-2-4-8-19)13-16(15)26(23,24)21-9-11-25-12-10-21;/h6-7,13H,1-5,8-12,19H2,(H,20,22);1H. The molecule has 3 N–H and O–H groups in total. The molecule has 1 saturated heterocycles. The molecule has 0 aliphatic carbocycles. The van der Waals surface area contributed by atoms with E-state index < -0.39 is 20.7 Å². The Hall–Kier alpha value is -1.26. The second kappa shape index (κ2) is 11.6.